The van der Waals surface area contributed by atoms with Gasteiger partial charge in [-0.15, -0.1) is 0 Å². The number of nitrogens with zero attached hydrogens (tertiary/aromatic N) is 2. The summed E-state index contributed by atoms with van der Waals surface area (Å²) in [5.74, 6) is 0. The van der Waals surface area contributed by atoms with Crippen LogP contribution in [0.15, 0.2) is 36.2 Å². The molecule has 0 fully saturated rings. The minimum atomic E-state index is 0.434. The Kier molecular flexibility index (Phi) is 4.50. The third-order valence-electron chi connectivity index (χ3n) is 2.64. The molecule has 1 aromatic heterocycles. The second kappa shape index (κ2) is 5.66. The molecule has 0 radical (unpaired) electrons. The van der Waals surface area contributed by atoms with Crippen LogP contribution in [-0.4, -0.2) is 23.5 Å². The number of rotatable bonds is 4. The average molecular weight is 204 g/mol. The van der Waals surface area contributed by atoms with Crippen LogP contribution in [0, 0.1) is 0 Å². The molecule has 0 saturated carbocycles. The number of pyridine rings is 1. The van der Waals surface area contributed by atoms with E-state index >= 15 is 0 Å². The Morgan fingerprint density at radius 1 is 1.40 bits per heavy atom. The summed E-state index contributed by atoms with van der Waals surface area (Å²) in [4.78, 5) is 6.35. The van der Waals surface area contributed by atoms with Crippen LogP contribution in [0.1, 0.15) is 32.4 Å². The molecule has 1 aromatic rings. The van der Waals surface area contributed by atoms with Crippen LogP contribution in [0.5, 0.6) is 0 Å². The zero-order valence-corrected chi connectivity index (χ0v) is 10.1. The summed E-state index contributed by atoms with van der Waals surface area (Å²) in [5.41, 5.74) is 2.68. The highest BCUT2D eigenvalue weighted by atomic mass is 15.1. The lowest BCUT2D eigenvalue weighted by atomic mass is 10.1. The van der Waals surface area contributed by atoms with Crippen LogP contribution in [0.2, 0.25) is 0 Å². The first kappa shape index (κ1) is 11.9. The number of allylic oxidation sites excluding steroid dienone is 1. The maximum Gasteiger partial charge on any atom is 0.0321 e. The molecule has 0 aromatic carbocycles. The summed E-state index contributed by atoms with van der Waals surface area (Å²) in [6, 6.07) is 4.58. The monoisotopic (exact) mass is 204 g/mol. The van der Waals surface area contributed by atoms with E-state index in [-0.39, 0.29) is 0 Å². The summed E-state index contributed by atoms with van der Waals surface area (Å²) < 4.78 is 0. The van der Waals surface area contributed by atoms with Gasteiger partial charge in [0, 0.05) is 25.0 Å². The van der Waals surface area contributed by atoms with E-state index < -0.39 is 0 Å². The fraction of sp³-hybridized carbons (Fsp3) is 0.462. The van der Waals surface area contributed by atoms with Crippen molar-refractivity contribution >= 4 is 0 Å². The van der Waals surface area contributed by atoms with Crippen LogP contribution < -0.4 is 0 Å². The van der Waals surface area contributed by atoms with Crippen LogP contribution in [0.4, 0.5) is 0 Å². The number of likely N-dealkylation sites (N-methyl/N-ethyl adjacent to an activating group) is 1. The Morgan fingerprint density at radius 2 is 2.00 bits per heavy atom. The maximum absolute atomic E-state index is 4.03. The SMILES string of the molecule is CC(C)=CCN(C)[C@@H](C)c1ccncc1. The van der Waals surface area contributed by atoms with Gasteiger partial charge >= 0.3 is 0 Å². The van der Waals surface area contributed by atoms with Gasteiger partial charge in [0.2, 0.25) is 0 Å². The second-order valence-corrected chi connectivity index (χ2v) is 4.18. The standard InChI is InChI=1S/C13H20N2/c1-11(2)7-10-15(4)12(3)13-5-8-14-9-6-13/h5-9,12H,10H2,1-4H3/t12-/m0/s1. The molecule has 1 atom stereocenters. The van der Waals surface area contributed by atoms with Gasteiger partial charge in [-0.3, -0.25) is 9.88 Å². The van der Waals surface area contributed by atoms with Crippen molar-refractivity contribution in [1.82, 2.24) is 9.88 Å². The minimum Gasteiger partial charge on any atom is -0.296 e. The molecule has 0 unspecified atom stereocenters. The Labute approximate surface area is 92.6 Å². The molecular formula is C13H20N2. The lowest BCUT2D eigenvalue weighted by Crippen LogP contribution is -2.22. The van der Waals surface area contributed by atoms with Crippen molar-refractivity contribution in [2.45, 2.75) is 26.8 Å². The van der Waals surface area contributed by atoms with Crippen LogP contribution in [0.25, 0.3) is 0 Å². The Hall–Kier alpha value is -1.15. The largest absolute Gasteiger partial charge is 0.296 e. The summed E-state index contributed by atoms with van der Waals surface area (Å²) >= 11 is 0. The first-order valence-corrected chi connectivity index (χ1v) is 5.35. The molecule has 0 spiro atoms. The van der Waals surface area contributed by atoms with Gasteiger partial charge in [0.1, 0.15) is 0 Å². The van der Waals surface area contributed by atoms with Crippen molar-refractivity contribution in [1.29, 1.82) is 0 Å². The van der Waals surface area contributed by atoms with Crippen molar-refractivity contribution in [3.05, 3.63) is 41.7 Å². The first-order chi connectivity index (χ1) is 7.11. The van der Waals surface area contributed by atoms with Crippen LogP contribution in [0.3, 0.4) is 0 Å². The van der Waals surface area contributed by atoms with Gasteiger partial charge in [0.05, 0.1) is 0 Å². The van der Waals surface area contributed by atoms with E-state index in [1.807, 2.05) is 12.4 Å². The van der Waals surface area contributed by atoms with Crippen molar-refractivity contribution in [3.8, 4) is 0 Å². The smallest absolute Gasteiger partial charge is 0.0321 e. The van der Waals surface area contributed by atoms with Gasteiger partial charge in [-0.05, 0) is 45.5 Å². The van der Waals surface area contributed by atoms with Gasteiger partial charge < -0.3 is 0 Å². The molecule has 15 heavy (non-hydrogen) atoms. The fourth-order valence-electron chi connectivity index (χ4n) is 1.38. The van der Waals surface area contributed by atoms with E-state index in [9.17, 15) is 0 Å². The molecule has 0 aliphatic heterocycles. The highest BCUT2D eigenvalue weighted by Gasteiger charge is 2.09. The molecule has 2 heteroatoms. The lowest BCUT2D eigenvalue weighted by molar-refractivity contribution is 0.289. The van der Waals surface area contributed by atoms with E-state index in [4.69, 9.17) is 0 Å². The highest BCUT2D eigenvalue weighted by molar-refractivity contribution is 5.14. The molecule has 0 saturated heterocycles. The van der Waals surface area contributed by atoms with E-state index in [1.54, 1.807) is 0 Å². The van der Waals surface area contributed by atoms with Gasteiger partial charge in [-0.25, -0.2) is 0 Å². The normalized spacial score (nSPS) is 12.6. The molecular weight excluding hydrogens is 184 g/mol. The zero-order valence-electron chi connectivity index (χ0n) is 10.1. The third-order valence-corrected chi connectivity index (χ3v) is 2.64. The molecule has 1 rings (SSSR count). The van der Waals surface area contributed by atoms with Crippen molar-refractivity contribution < 1.29 is 0 Å². The molecule has 82 valence electrons. The minimum absolute atomic E-state index is 0.434. The zero-order chi connectivity index (χ0) is 11.3. The molecule has 0 bridgehead atoms. The molecule has 0 aliphatic rings. The molecule has 1 heterocycles. The number of hydrogen-bond donors (Lipinski definition) is 0. The Balaban J connectivity index is 2.61. The van der Waals surface area contributed by atoms with Gasteiger partial charge in [-0.1, -0.05) is 11.6 Å². The predicted octanol–water partition coefficient (Wildman–Crippen LogP) is 3.04. The van der Waals surface area contributed by atoms with Gasteiger partial charge in [0.25, 0.3) is 0 Å². The van der Waals surface area contributed by atoms with Crippen molar-refractivity contribution in [3.63, 3.8) is 0 Å². The average Bonchev–Trinajstić information content (AvgIpc) is 2.26. The summed E-state index contributed by atoms with van der Waals surface area (Å²) in [6.45, 7) is 7.47. The first-order valence-electron chi connectivity index (χ1n) is 5.35. The van der Waals surface area contributed by atoms with Crippen LogP contribution in [-0.2, 0) is 0 Å². The molecule has 0 amide bonds. The Morgan fingerprint density at radius 3 is 2.53 bits per heavy atom. The fourth-order valence-corrected chi connectivity index (χ4v) is 1.38. The van der Waals surface area contributed by atoms with Gasteiger partial charge in [-0.2, -0.15) is 0 Å². The predicted molar refractivity (Wildman–Crippen MR) is 64.7 cm³/mol. The topological polar surface area (TPSA) is 16.1 Å². The molecule has 0 aliphatic carbocycles. The van der Waals surface area contributed by atoms with Crippen molar-refractivity contribution in [2.75, 3.05) is 13.6 Å². The Bertz CT molecular complexity index is 313. The maximum atomic E-state index is 4.03. The summed E-state index contributed by atoms with van der Waals surface area (Å²) in [7, 11) is 2.14. The van der Waals surface area contributed by atoms with E-state index in [1.165, 1.54) is 11.1 Å². The van der Waals surface area contributed by atoms with Gasteiger partial charge in [0.15, 0.2) is 0 Å². The second-order valence-electron chi connectivity index (χ2n) is 4.18. The van der Waals surface area contributed by atoms with E-state index in [2.05, 4.69) is 55.9 Å². The summed E-state index contributed by atoms with van der Waals surface area (Å²) in [5, 5.41) is 0. The quantitative estimate of drug-likeness (QED) is 0.701. The summed E-state index contributed by atoms with van der Waals surface area (Å²) in [6.07, 6.45) is 5.94. The number of hydrogen-bond acceptors (Lipinski definition) is 2. The molecule has 2 nitrogen and oxygen atoms in total. The van der Waals surface area contributed by atoms with Crippen molar-refractivity contribution in [2.24, 2.45) is 0 Å². The third kappa shape index (κ3) is 3.84. The van der Waals surface area contributed by atoms with E-state index in [0.717, 1.165) is 6.54 Å². The molecule has 0 N–H and O–H groups in total. The van der Waals surface area contributed by atoms with Crippen LogP contribution >= 0.6 is 0 Å². The number of aromatic nitrogens is 1. The highest BCUT2D eigenvalue weighted by Crippen LogP contribution is 2.17. The van der Waals surface area contributed by atoms with E-state index in [0.29, 0.717) is 6.04 Å². The lowest BCUT2D eigenvalue weighted by Gasteiger charge is -2.23.